The Labute approximate surface area is 215 Å². The number of carbonyl (C=O) groups excluding carboxylic acids is 2. The average molecular weight is 506 g/mol. The molecule has 0 spiro atoms. The van der Waals surface area contributed by atoms with Crippen LogP contribution in [0.1, 0.15) is 80.8 Å². The van der Waals surface area contributed by atoms with Crippen molar-refractivity contribution in [1.29, 1.82) is 0 Å². The van der Waals surface area contributed by atoms with Gasteiger partial charge in [0.1, 0.15) is 17.2 Å². The maximum Gasteiger partial charge on any atom is 0.275 e. The van der Waals surface area contributed by atoms with Gasteiger partial charge in [-0.25, -0.2) is 4.39 Å². The molecule has 0 saturated carbocycles. The second-order valence-corrected chi connectivity index (χ2v) is 10.9. The van der Waals surface area contributed by atoms with Gasteiger partial charge in [0.2, 0.25) is 0 Å². The van der Waals surface area contributed by atoms with Crippen LogP contribution in [0, 0.1) is 11.2 Å². The molecule has 3 aromatic rings. The van der Waals surface area contributed by atoms with Crippen LogP contribution in [-0.4, -0.2) is 48.7 Å². The van der Waals surface area contributed by atoms with Crippen molar-refractivity contribution in [2.24, 2.45) is 10.4 Å². The number of halogens is 1. The topological polar surface area (TPSA) is 116 Å². The van der Waals surface area contributed by atoms with E-state index in [9.17, 15) is 14.0 Å². The Hall–Kier alpha value is -3.95. The summed E-state index contributed by atoms with van der Waals surface area (Å²) in [4.78, 5) is 32.8. The molecule has 2 N–H and O–H groups in total. The quantitative estimate of drug-likeness (QED) is 0.476. The predicted octanol–water partition coefficient (Wildman–Crippen LogP) is 4.20. The lowest BCUT2D eigenvalue weighted by Gasteiger charge is -2.38. The molecule has 1 aliphatic rings. The summed E-state index contributed by atoms with van der Waals surface area (Å²) in [6.45, 7) is 10.4. The maximum absolute atomic E-state index is 13.9. The molecule has 1 atom stereocenters. The fraction of sp³-hybridized carbons (Fsp3) is 0.407. The summed E-state index contributed by atoms with van der Waals surface area (Å²) >= 11 is 0. The SMILES string of the molecule is CC(C)(C)CCC(c1ccc(C(=O)NCc2nn[nH]n2)cc1)N1C(=O)C(c2cccc(F)c2)=NC1(C)C. The van der Waals surface area contributed by atoms with Crippen molar-refractivity contribution in [2.45, 2.75) is 65.7 Å². The first-order valence-corrected chi connectivity index (χ1v) is 12.2. The van der Waals surface area contributed by atoms with Gasteiger partial charge in [-0.15, -0.1) is 10.2 Å². The molecular formula is C27H32FN7O2. The highest BCUT2D eigenvalue weighted by molar-refractivity contribution is 6.46. The third-order valence-electron chi connectivity index (χ3n) is 6.33. The number of benzene rings is 2. The number of aromatic amines is 1. The first kappa shape index (κ1) is 26.1. The van der Waals surface area contributed by atoms with Crippen molar-refractivity contribution in [3.05, 3.63) is 76.9 Å². The number of amides is 2. The molecule has 194 valence electrons. The third kappa shape index (κ3) is 6.07. The lowest BCUT2D eigenvalue weighted by Crippen LogP contribution is -2.45. The Balaban J connectivity index is 1.60. The standard InChI is InChI=1S/C27H32FN7O2/c1-26(2,3)14-13-21(17-9-11-18(12-10-17)24(36)29-16-22-31-33-34-32-22)35-25(37)23(30-27(35,4)5)19-7-6-8-20(28)15-19/h6-12,15,21H,13-14,16H2,1-5H3,(H,29,36)(H,31,32,33,34). The summed E-state index contributed by atoms with van der Waals surface area (Å²) in [7, 11) is 0. The molecule has 0 bridgehead atoms. The highest BCUT2D eigenvalue weighted by atomic mass is 19.1. The molecule has 1 aromatic heterocycles. The second kappa shape index (κ2) is 10.2. The maximum atomic E-state index is 13.9. The smallest absolute Gasteiger partial charge is 0.275 e. The zero-order valence-corrected chi connectivity index (χ0v) is 21.7. The number of rotatable bonds is 8. The Morgan fingerprint density at radius 2 is 1.89 bits per heavy atom. The van der Waals surface area contributed by atoms with E-state index in [2.05, 4.69) is 46.7 Å². The molecule has 37 heavy (non-hydrogen) atoms. The molecule has 1 aliphatic heterocycles. The summed E-state index contributed by atoms with van der Waals surface area (Å²) in [5.41, 5.74) is 1.31. The Morgan fingerprint density at radius 3 is 2.51 bits per heavy atom. The molecule has 0 radical (unpaired) electrons. The van der Waals surface area contributed by atoms with E-state index in [1.807, 2.05) is 26.0 Å². The fourth-order valence-electron chi connectivity index (χ4n) is 4.47. The molecule has 2 amide bonds. The molecule has 2 aromatic carbocycles. The second-order valence-electron chi connectivity index (χ2n) is 10.9. The van der Waals surface area contributed by atoms with Crippen molar-refractivity contribution in [3.63, 3.8) is 0 Å². The summed E-state index contributed by atoms with van der Waals surface area (Å²) in [6.07, 6.45) is 1.56. The van der Waals surface area contributed by atoms with Crippen LogP contribution in [0.25, 0.3) is 0 Å². The van der Waals surface area contributed by atoms with E-state index in [4.69, 9.17) is 4.99 Å². The van der Waals surface area contributed by atoms with Crippen LogP contribution in [-0.2, 0) is 11.3 Å². The van der Waals surface area contributed by atoms with Crippen molar-refractivity contribution in [1.82, 2.24) is 30.8 Å². The largest absolute Gasteiger partial charge is 0.345 e. The molecule has 4 rings (SSSR count). The van der Waals surface area contributed by atoms with E-state index >= 15 is 0 Å². The predicted molar refractivity (Wildman–Crippen MR) is 137 cm³/mol. The number of aromatic nitrogens is 4. The number of H-pyrrole nitrogens is 1. The Kier molecular flexibility index (Phi) is 7.20. The number of nitrogens with zero attached hydrogens (tertiary/aromatic N) is 5. The highest BCUT2D eigenvalue weighted by Gasteiger charge is 2.45. The minimum Gasteiger partial charge on any atom is -0.345 e. The number of carbonyl (C=O) groups is 2. The van der Waals surface area contributed by atoms with Crippen molar-refractivity contribution in [3.8, 4) is 0 Å². The number of hydrogen-bond acceptors (Lipinski definition) is 6. The highest BCUT2D eigenvalue weighted by Crippen LogP contribution is 2.39. The van der Waals surface area contributed by atoms with Crippen LogP contribution >= 0.6 is 0 Å². The van der Waals surface area contributed by atoms with Gasteiger partial charge in [-0.2, -0.15) is 5.21 Å². The average Bonchev–Trinajstić information content (AvgIpc) is 3.44. The van der Waals surface area contributed by atoms with Crippen LogP contribution in [0.2, 0.25) is 0 Å². The van der Waals surface area contributed by atoms with Crippen molar-refractivity contribution in [2.75, 3.05) is 0 Å². The van der Waals surface area contributed by atoms with Crippen LogP contribution in [0.3, 0.4) is 0 Å². The van der Waals surface area contributed by atoms with Gasteiger partial charge in [-0.1, -0.05) is 50.3 Å². The van der Waals surface area contributed by atoms with E-state index in [0.717, 1.165) is 12.0 Å². The van der Waals surface area contributed by atoms with Gasteiger partial charge in [0.05, 0.1) is 12.6 Å². The molecule has 0 aliphatic carbocycles. The minimum absolute atomic E-state index is 0.0480. The van der Waals surface area contributed by atoms with Crippen molar-refractivity contribution < 1.29 is 14.0 Å². The molecule has 9 nitrogen and oxygen atoms in total. The fourth-order valence-corrected chi connectivity index (χ4v) is 4.47. The first-order valence-electron chi connectivity index (χ1n) is 12.2. The summed E-state index contributed by atoms with van der Waals surface area (Å²) in [5.74, 6) is -0.536. The lowest BCUT2D eigenvalue weighted by molar-refractivity contribution is -0.130. The van der Waals surface area contributed by atoms with Crippen LogP contribution in [0.5, 0.6) is 0 Å². The summed E-state index contributed by atoms with van der Waals surface area (Å²) in [6, 6.07) is 12.9. The first-order chi connectivity index (χ1) is 17.4. The van der Waals surface area contributed by atoms with E-state index in [1.54, 1.807) is 29.2 Å². The molecule has 1 unspecified atom stereocenters. The van der Waals surface area contributed by atoms with Gasteiger partial charge in [0, 0.05) is 11.1 Å². The number of aliphatic imine (C=N–C) groups is 1. The molecule has 10 heteroatoms. The normalized spacial score (nSPS) is 16.0. The molecular weight excluding hydrogens is 473 g/mol. The monoisotopic (exact) mass is 505 g/mol. The molecule has 2 heterocycles. The van der Waals surface area contributed by atoms with Crippen LogP contribution in [0.4, 0.5) is 4.39 Å². The van der Waals surface area contributed by atoms with E-state index in [1.165, 1.54) is 12.1 Å². The van der Waals surface area contributed by atoms with Crippen LogP contribution in [0.15, 0.2) is 53.5 Å². The van der Waals surface area contributed by atoms with Gasteiger partial charge < -0.3 is 10.2 Å². The Morgan fingerprint density at radius 1 is 1.16 bits per heavy atom. The van der Waals surface area contributed by atoms with E-state index in [0.29, 0.717) is 23.4 Å². The number of hydrogen-bond donors (Lipinski definition) is 2. The van der Waals surface area contributed by atoms with Crippen molar-refractivity contribution >= 4 is 17.5 Å². The van der Waals surface area contributed by atoms with E-state index in [-0.39, 0.29) is 35.5 Å². The van der Waals surface area contributed by atoms with Gasteiger partial charge >= 0.3 is 0 Å². The summed E-state index contributed by atoms with van der Waals surface area (Å²) < 4.78 is 13.9. The summed E-state index contributed by atoms with van der Waals surface area (Å²) in [5, 5.41) is 16.2. The van der Waals surface area contributed by atoms with Crippen LogP contribution < -0.4 is 5.32 Å². The van der Waals surface area contributed by atoms with Gasteiger partial charge in [0.25, 0.3) is 11.8 Å². The zero-order chi connectivity index (χ0) is 26.8. The molecule has 0 saturated heterocycles. The Bertz CT molecular complexity index is 1300. The zero-order valence-electron chi connectivity index (χ0n) is 21.7. The lowest BCUT2D eigenvalue weighted by atomic mass is 9.86. The van der Waals surface area contributed by atoms with Gasteiger partial charge in [-0.05, 0) is 61.9 Å². The molecule has 0 fully saturated rings. The van der Waals surface area contributed by atoms with Gasteiger partial charge in [-0.3, -0.25) is 14.6 Å². The number of tetrazole rings is 1. The number of nitrogens with one attached hydrogen (secondary N) is 2. The van der Waals surface area contributed by atoms with Gasteiger partial charge in [0.15, 0.2) is 5.82 Å². The third-order valence-corrected chi connectivity index (χ3v) is 6.33. The van der Waals surface area contributed by atoms with E-state index < -0.39 is 11.5 Å². The minimum atomic E-state index is -0.831.